The van der Waals surface area contributed by atoms with Crippen LogP contribution in [0.25, 0.3) is 0 Å². The number of carbonyl (C=O) groups excluding carboxylic acids is 2. The number of halogens is 2. The third-order valence-electron chi connectivity index (χ3n) is 2.86. The number of hydrogen-bond donors (Lipinski definition) is 0. The van der Waals surface area contributed by atoms with Crippen LogP contribution in [-0.2, 0) is 22.3 Å². The third-order valence-corrected chi connectivity index (χ3v) is 3.17. The van der Waals surface area contributed by atoms with Crippen LogP contribution in [0.4, 0.5) is 15.5 Å². The topological polar surface area (TPSA) is 81.9 Å². The normalized spacial score (nSPS) is 12.9. The molecule has 0 radical (unpaired) electrons. The van der Waals surface area contributed by atoms with Gasteiger partial charge in [0.2, 0.25) is 5.88 Å². The monoisotopic (exact) mass is 336 g/mol. The second-order valence-corrected chi connectivity index (χ2v) is 4.96. The average Bonchev–Trinajstić information content (AvgIpc) is 3.07. The Bertz CT molecular complexity index is 500. The molecule has 1 heterocycles. The summed E-state index contributed by atoms with van der Waals surface area (Å²) in [5.41, 5.74) is 1.46. The van der Waals surface area contributed by atoms with E-state index in [-0.39, 0.29) is 30.9 Å². The van der Waals surface area contributed by atoms with Crippen LogP contribution in [0.5, 0.6) is 0 Å². The van der Waals surface area contributed by atoms with Crippen LogP contribution >= 0.6 is 23.2 Å². The first kappa shape index (κ1) is 15.9. The van der Waals surface area contributed by atoms with Crippen LogP contribution in [0.2, 0.25) is 0 Å². The van der Waals surface area contributed by atoms with Crippen LogP contribution in [-0.4, -0.2) is 42.3 Å². The maximum atomic E-state index is 12.0. The van der Waals surface area contributed by atoms with Crippen molar-refractivity contribution in [3.05, 3.63) is 11.3 Å². The molecule has 0 atom stereocenters. The van der Waals surface area contributed by atoms with E-state index < -0.39 is 12.2 Å². The summed E-state index contributed by atoms with van der Waals surface area (Å²) >= 11 is 10.9. The molecule has 1 aromatic rings. The molecule has 0 bridgehead atoms. The Labute approximate surface area is 131 Å². The molecule has 1 aromatic heterocycles. The minimum atomic E-state index is -0.916. The van der Waals surface area contributed by atoms with Crippen molar-refractivity contribution in [2.24, 2.45) is 0 Å². The molecule has 2 amide bonds. The van der Waals surface area contributed by atoms with Gasteiger partial charge < -0.3 is 14.0 Å². The first-order valence-corrected chi connectivity index (χ1v) is 7.49. The Kier molecular flexibility index (Phi) is 5.69. The fraction of sp³-hybridized carbons (Fsp3) is 0.583. The Hall–Kier alpha value is -1.47. The quantitative estimate of drug-likeness (QED) is 0.769. The van der Waals surface area contributed by atoms with Gasteiger partial charge in [0.05, 0.1) is 17.5 Å². The number of hydrogen-bond acceptors (Lipinski definition) is 6. The highest BCUT2D eigenvalue weighted by Gasteiger charge is 2.35. The molecule has 0 saturated carbocycles. The van der Waals surface area contributed by atoms with Gasteiger partial charge in [-0.05, 0) is 19.3 Å². The first-order chi connectivity index (χ1) is 10.2. The predicted molar refractivity (Wildman–Crippen MR) is 75.1 cm³/mol. The van der Waals surface area contributed by atoms with E-state index in [0.29, 0.717) is 11.3 Å². The molecule has 0 fully saturated rings. The minimum absolute atomic E-state index is 0.0317. The summed E-state index contributed by atoms with van der Waals surface area (Å²) in [6, 6.07) is 0. The van der Waals surface area contributed by atoms with E-state index in [9.17, 15) is 9.59 Å². The Morgan fingerprint density at radius 3 is 2.33 bits per heavy atom. The molecule has 0 saturated heterocycles. The number of anilines is 1. The van der Waals surface area contributed by atoms with E-state index in [2.05, 4.69) is 5.16 Å². The van der Waals surface area contributed by atoms with Crippen molar-refractivity contribution >= 4 is 41.3 Å². The number of fused-ring (bicyclic) bond motifs is 1. The van der Waals surface area contributed by atoms with Gasteiger partial charge in [-0.1, -0.05) is 5.16 Å². The highest BCUT2D eigenvalue weighted by Crippen LogP contribution is 2.32. The lowest BCUT2D eigenvalue weighted by molar-refractivity contribution is 0.139. The number of ether oxygens (including phenoxy) is 2. The molecule has 0 spiro atoms. The van der Waals surface area contributed by atoms with E-state index in [1.807, 2.05) is 0 Å². The highest BCUT2D eigenvalue weighted by molar-refractivity contribution is 6.18. The zero-order valence-electron chi connectivity index (χ0n) is 11.1. The molecule has 0 aromatic carbocycles. The van der Waals surface area contributed by atoms with E-state index in [1.54, 1.807) is 0 Å². The van der Waals surface area contributed by atoms with Crippen molar-refractivity contribution in [1.29, 1.82) is 0 Å². The molecule has 116 valence electrons. The van der Waals surface area contributed by atoms with Gasteiger partial charge in [-0.25, -0.2) is 9.59 Å². The number of rotatable bonds is 5. The van der Waals surface area contributed by atoms with Crippen LogP contribution < -0.4 is 4.90 Å². The molecule has 7 nitrogen and oxygen atoms in total. The Morgan fingerprint density at radius 1 is 1.14 bits per heavy atom. The van der Waals surface area contributed by atoms with Crippen molar-refractivity contribution in [2.45, 2.75) is 19.3 Å². The first-order valence-electron chi connectivity index (χ1n) is 6.42. The maximum absolute atomic E-state index is 12.0. The fourth-order valence-corrected chi connectivity index (χ4v) is 2.16. The van der Waals surface area contributed by atoms with Gasteiger partial charge in [0.25, 0.3) is 0 Å². The lowest BCUT2D eigenvalue weighted by atomic mass is 10.2. The second-order valence-electron chi connectivity index (χ2n) is 4.21. The number of aromatic nitrogens is 1. The number of alkyl halides is 2. The van der Waals surface area contributed by atoms with Crippen molar-refractivity contribution in [3.8, 4) is 0 Å². The summed E-state index contributed by atoms with van der Waals surface area (Å²) in [5, 5.41) is 3.86. The molecule has 21 heavy (non-hydrogen) atoms. The number of carbonyl (C=O) groups is 2. The van der Waals surface area contributed by atoms with Gasteiger partial charge in [0.15, 0.2) is 0 Å². The van der Waals surface area contributed by atoms with Crippen molar-refractivity contribution in [3.63, 3.8) is 0 Å². The maximum Gasteiger partial charge on any atom is 0.426 e. The second kappa shape index (κ2) is 7.51. The van der Waals surface area contributed by atoms with Gasteiger partial charge >= 0.3 is 12.2 Å². The third kappa shape index (κ3) is 3.59. The fourth-order valence-electron chi connectivity index (χ4n) is 2.01. The number of amides is 2. The Morgan fingerprint density at radius 2 is 1.76 bits per heavy atom. The average molecular weight is 337 g/mol. The van der Waals surface area contributed by atoms with Crippen LogP contribution in [0, 0.1) is 0 Å². The number of aryl methyl sites for hydroxylation is 1. The lowest BCUT2D eigenvalue weighted by Crippen LogP contribution is -2.38. The smallest absolute Gasteiger partial charge is 0.426 e. The van der Waals surface area contributed by atoms with Gasteiger partial charge in [-0.2, -0.15) is 0 Å². The summed E-state index contributed by atoms with van der Waals surface area (Å²) in [5.74, 6) is 0.275. The minimum Gasteiger partial charge on any atom is -0.447 e. The molecular formula is C12H14Cl2N2O5. The molecule has 1 aliphatic carbocycles. The summed E-state index contributed by atoms with van der Waals surface area (Å²) in [4.78, 5) is 24.7. The summed E-state index contributed by atoms with van der Waals surface area (Å²) < 4.78 is 14.9. The Balaban J connectivity index is 2.22. The van der Waals surface area contributed by atoms with Gasteiger partial charge in [-0.15, -0.1) is 28.1 Å². The zero-order valence-corrected chi connectivity index (χ0v) is 12.7. The highest BCUT2D eigenvalue weighted by atomic mass is 35.5. The van der Waals surface area contributed by atoms with Crippen LogP contribution in [0.3, 0.4) is 0 Å². The molecule has 1 aliphatic rings. The summed E-state index contributed by atoms with van der Waals surface area (Å²) in [6.45, 7) is -0.0635. The lowest BCUT2D eigenvalue weighted by Gasteiger charge is -2.17. The van der Waals surface area contributed by atoms with Gasteiger partial charge in [0, 0.05) is 5.56 Å². The van der Waals surface area contributed by atoms with Crippen molar-refractivity contribution < 1.29 is 23.6 Å². The number of nitrogens with zero attached hydrogens (tertiary/aromatic N) is 2. The van der Waals surface area contributed by atoms with Crippen molar-refractivity contribution in [2.75, 3.05) is 29.9 Å². The van der Waals surface area contributed by atoms with Gasteiger partial charge in [-0.3, -0.25) is 0 Å². The molecule has 9 heteroatoms. The zero-order chi connectivity index (χ0) is 15.2. The molecule has 0 aliphatic heterocycles. The van der Waals surface area contributed by atoms with Crippen LogP contribution in [0.15, 0.2) is 4.52 Å². The van der Waals surface area contributed by atoms with E-state index >= 15 is 0 Å². The van der Waals surface area contributed by atoms with E-state index in [1.165, 1.54) is 0 Å². The predicted octanol–water partition coefficient (Wildman–Crippen LogP) is 2.72. The molecule has 2 rings (SSSR count). The van der Waals surface area contributed by atoms with Crippen molar-refractivity contribution in [1.82, 2.24) is 5.16 Å². The van der Waals surface area contributed by atoms with E-state index in [4.69, 9.17) is 37.2 Å². The SMILES string of the molecule is O=C(OCCCl)N(C(=O)OCCCl)c1onc2c1CCC2. The standard InChI is InChI=1S/C12H14Cl2N2O5/c13-4-6-19-11(17)16(12(18)20-7-5-14)10-8-2-1-3-9(8)15-21-10/h1-7H2. The molecule has 0 unspecified atom stereocenters. The van der Waals surface area contributed by atoms with E-state index in [0.717, 1.165) is 24.1 Å². The summed E-state index contributed by atoms with van der Waals surface area (Å²) in [6.07, 6.45) is 0.487. The number of imide groups is 1. The molecule has 0 N–H and O–H groups in total. The summed E-state index contributed by atoms with van der Waals surface area (Å²) in [7, 11) is 0. The molecular weight excluding hydrogens is 323 g/mol. The largest absolute Gasteiger partial charge is 0.447 e. The van der Waals surface area contributed by atoms with Crippen LogP contribution in [0.1, 0.15) is 17.7 Å². The van der Waals surface area contributed by atoms with Gasteiger partial charge in [0.1, 0.15) is 13.2 Å².